The van der Waals surface area contributed by atoms with Crippen molar-refractivity contribution in [2.24, 2.45) is 5.92 Å². The van der Waals surface area contributed by atoms with E-state index in [9.17, 15) is 4.79 Å². The van der Waals surface area contributed by atoms with Crippen LogP contribution in [0.2, 0.25) is 0 Å². The van der Waals surface area contributed by atoms with Gasteiger partial charge in [0.25, 0.3) is 0 Å². The Kier molecular flexibility index (Phi) is 9.24. The third-order valence-electron chi connectivity index (χ3n) is 4.27. The van der Waals surface area contributed by atoms with E-state index in [1.807, 2.05) is 6.92 Å². The zero-order valence-electron chi connectivity index (χ0n) is 12.9. The molecule has 1 amide bonds. The van der Waals surface area contributed by atoms with Crippen LogP contribution in [-0.4, -0.2) is 51.0 Å². The summed E-state index contributed by atoms with van der Waals surface area (Å²) in [5.41, 5.74) is 0. The average molecular weight is 321 g/mol. The van der Waals surface area contributed by atoms with Crippen LogP contribution in [-0.2, 0) is 14.3 Å². The van der Waals surface area contributed by atoms with E-state index in [1.165, 1.54) is 25.7 Å². The third-order valence-corrected chi connectivity index (χ3v) is 4.27. The molecule has 21 heavy (non-hydrogen) atoms. The summed E-state index contributed by atoms with van der Waals surface area (Å²) < 4.78 is 11.2. The Balaban J connectivity index is 0.00000220. The van der Waals surface area contributed by atoms with Gasteiger partial charge in [0.1, 0.15) is 6.04 Å². The van der Waals surface area contributed by atoms with Crippen LogP contribution in [0.1, 0.15) is 39.0 Å². The van der Waals surface area contributed by atoms with E-state index in [-0.39, 0.29) is 24.4 Å². The molecule has 1 saturated heterocycles. The molecule has 0 aromatic carbocycles. The van der Waals surface area contributed by atoms with Gasteiger partial charge in [-0.2, -0.15) is 0 Å². The molecular formula is C15H29ClN2O3. The fraction of sp³-hybridized carbons (Fsp3) is 0.933. The van der Waals surface area contributed by atoms with Crippen molar-refractivity contribution >= 4 is 18.3 Å². The van der Waals surface area contributed by atoms with Crippen molar-refractivity contribution < 1.29 is 14.3 Å². The first-order chi connectivity index (χ1) is 9.81. The zero-order chi connectivity index (χ0) is 14.2. The average Bonchev–Trinajstić information content (AvgIpc) is 3.01. The molecule has 1 saturated carbocycles. The van der Waals surface area contributed by atoms with Crippen LogP contribution in [0.3, 0.4) is 0 Å². The Morgan fingerprint density at radius 1 is 1.43 bits per heavy atom. The Morgan fingerprint density at radius 2 is 2.19 bits per heavy atom. The maximum absolute atomic E-state index is 12.0. The van der Waals surface area contributed by atoms with Crippen molar-refractivity contribution in [2.45, 2.75) is 51.2 Å². The molecule has 6 heteroatoms. The van der Waals surface area contributed by atoms with Crippen LogP contribution in [0.5, 0.6) is 0 Å². The topological polar surface area (TPSA) is 59.6 Å². The number of morpholine rings is 1. The lowest BCUT2D eigenvalue weighted by molar-refractivity contribution is -0.126. The first-order valence-corrected chi connectivity index (χ1v) is 8.01. The molecule has 2 rings (SSSR count). The number of rotatable bonds is 7. The molecule has 2 unspecified atom stereocenters. The predicted molar refractivity (Wildman–Crippen MR) is 84.9 cm³/mol. The van der Waals surface area contributed by atoms with E-state index >= 15 is 0 Å². The minimum absolute atomic E-state index is 0. The molecule has 0 aromatic rings. The van der Waals surface area contributed by atoms with Crippen LogP contribution in [0, 0.1) is 5.92 Å². The van der Waals surface area contributed by atoms with Crippen LogP contribution >= 0.6 is 12.4 Å². The Bertz CT molecular complexity index is 293. The maximum Gasteiger partial charge on any atom is 0.239 e. The Hall–Kier alpha value is -0.360. The molecule has 2 N–H and O–H groups in total. The van der Waals surface area contributed by atoms with E-state index in [0.717, 1.165) is 19.6 Å². The van der Waals surface area contributed by atoms with Gasteiger partial charge >= 0.3 is 0 Å². The smallest absolute Gasteiger partial charge is 0.239 e. The normalized spacial score (nSPS) is 24.3. The van der Waals surface area contributed by atoms with Crippen LogP contribution < -0.4 is 10.6 Å². The van der Waals surface area contributed by atoms with Gasteiger partial charge in [0.15, 0.2) is 0 Å². The Morgan fingerprint density at radius 3 is 2.81 bits per heavy atom. The monoisotopic (exact) mass is 320 g/mol. The molecule has 0 aromatic heterocycles. The molecule has 2 fully saturated rings. The maximum atomic E-state index is 12.0. The van der Waals surface area contributed by atoms with Gasteiger partial charge in [-0.1, -0.05) is 12.8 Å². The molecule has 0 bridgehead atoms. The van der Waals surface area contributed by atoms with E-state index in [1.54, 1.807) is 0 Å². The molecule has 2 aliphatic rings. The van der Waals surface area contributed by atoms with Crippen LogP contribution in [0.15, 0.2) is 0 Å². The number of hydrogen-bond donors (Lipinski definition) is 2. The lowest BCUT2D eigenvalue weighted by Gasteiger charge is -2.25. The molecule has 124 valence electrons. The summed E-state index contributed by atoms with van der Waals surface area (Å²) in [6, 6.07) is -0.194. The molecule has 0 radical (unpaired) electrons. The number of carbonyl (C=O) groups is 1. The summed E-state index contributed by atoms with van der Waals surface area (Å²) in [5, 5.41) is 6.17. The summed E-state index contributed by atoms with van der Waals surface area (Å²) in [7, 11) is 0. The van der Waals surface area contributed by atoms with Gasteiger partial charge in [0.05, 0.1) is 19.3 Å². The summed E-state index contributed by atoms with van der Waals surface area (Å²) in [6.45, 7) is 5.41. The summed E-state index contributed by atoms with van der Waals surface area (Å²) >= 11 is 0. The van der Waals surface area contributed by atoms with Gasteiger partial charge in [-0.05, 0) is 32.1 Å². The molecule has 5 nitrogen and oxygen atoms in total. The summed E-state index contributed by atoms with van der Waals surface area (Å²) in [5.74, 6) is 0.731. The highest BCUT2D eigenvalue weighted by Crippen LogP contribution is 2.30. The van der Waals surface area contributed by atoms with Crippen molar-refractivity contribution in [3.8, 4) is 0 Å². The largest absolute Gasteiger partial charge is 0.378 e. The highest BCUT2D eigenvalue weighted by atomic mass is 35.5. The third kappa shape index (κ3) is 6.10. The SMILES string of the molecule is CCOC(CCNC(=O)C1COCCN1)C1CCCC1.Cl. The molecule has 2 atom stereocenters. The van der Waals surface area contributed by atoms with Gasteiger partial charge in [-0.15, -0.1) is 12.4 Å². The van der Waals surface area contributed by atoms with Crippen LogP contribution in [0.25, 0.3) is 0 Å². The van der Waals surface area contributed by atoms with Crippen molar-refractivity contribution in [1.82, 2.24) is 10.6 Å². The van der Waals surface area contributed by atoms with Gasteiger partial charge < -0.3 is 20.1 Å². The highest BCUT2D eigenvalue weighted by molar-refractivity contribution is 5.85. The number of ether oxygens (including phenoxy) is 2. The molecule has 1 aliphatic heterocycles. The minimum atomic E-state index is -0.194. The number of halogens is 1. The second-order valence-electron chi connectivity index (χ2n) is 5.70. The molecule has 0 spiro atoms. The number of carbonyl (C=O) groups excluding carboxylic acids is 1. The first-order valence-electron chi connectivity index (χ1n) is 8.01. The van der Waals surface area contributed by atoms with Gasteiger partial charge in [0.2, 0.25) is 5.91 Å². The molecular weight excluding hydrogens is 292 g/mol. The highest BCUT2D eigenvalue weighted by Gasteiger charge is 2.26. The second-order valence-corrected chi connectivity index (χ2v) is 5.70. The quantitative estimate of drug-likeness (QED) is 0.746. The van der Waals surface area contributed by atoms with Crippen molar-refractivity contribution in [3.63, 3.8) is 0 Å². The second kappa shape index (κ2) is 10.4. The van der Waals surface area contributed by atoms with Gasteiger partial charge in [-0.25, -0.2) is 0 Å². The lowest BCUT2D eigenvalue weighted by Crippen LogP contribution is -2.51. The summed E-state index contributed by atoms with van der Waals surface area (Å²) in [6.07, 6.45) is 6.41. The molecule has 1 heterocycles. The van der Waals surface area contributed by atoms with E-state index in [4.69, 9.17) is 9.47 Å². The fourth-order valence-electron chi connectivity index (χ4n) is 3.19. The number of nitrogens with one attached hydrogen (secondary N) is 2. The van der Waals surface area contributed by atoms with Gasteiger partial charge in [-0.3, -0.25) is 4.79 Å². The lowest BCUT2D eigenvalue weighted by atomic mass is 9.98. The van der Waals surface area contributed by atoms with Crippen LogP contribution in [0.4, 0.5) is 0 Å². The van der Waals surface area contributed by atoms with E-state index in [0.29, 0.717) is 31.8 Å². The van der Waals surface area contributed by atoms with E-state index < -0.39 is 0 Å². The Labute approximate surface area is 133 Å². The van der Waals surface area contributed by atoms with Crippen molar-refractivity contribution in [3.05, 3.63) is 0 Å². The minimum Gasteiger partial charge on any atom is -0.378 e. The number of hydrogen-bond acceptors (Lipinski definition) is 4. The van der Waals surface area contributed by atoms with Crippen molar-refractivity contribution in [2.75, 3.05) is 32.9 Å². The zero-order valence-corrected chi connectivity index (χ0v) is 13.8. The predicted octanol–water partition coefficient (Wildman–Crippen LogP) is 1.50. The standard InChI is InChI=1S/C15H28N2O3.ClH/c1-2-20-14(12-5-3-4-6-12)7-8-17-15(18)13-11-19-10-9-16-13;/h12-14,16H,2-11H2,1H3,(H,17,18);1H. The first kappa shape index (κ1) is 18.7. The molecule has 1 aliphatic carbocycles. The van der Waals surface area contributed by atoms with E-state index in [2.05, 4.69) is 10.6 Å². The summed E-state index contributed by atoms with van der Waals surface area (Å²) in [4.78, 5) is 12.0. The number of amides is 1. The van der Waals surface area contributed by atoms with Crippen molar-refractivity contribution in [1.29, 1.82) is 0 Å². The van der Waals surface area contributed by atoms with Gasteiger partial charge in [0, 0.05) is 19.7 Å². The fourth-order valence-corrected chi connectivity index (χ4v) is 3.19.